The van der Waals surface area contributed by atoms with Gasteiger partial charge in [0.2, 0.25) is 0 Å². The van der Waals surface area contributed by atoms with Crippen molar-refractivity contribution in [1.82, 2.24) is 0 Å². The van der Waals surface area contributed by atoms with Crippen molar-refractivity contribution in [1.29, 1.82) is 0 Å². The lowest BCUT2D eigenvalue weighted by molar-refractivity contribution is 0.667. The van der Waals surface area contributed by atoms with Gasteiger partial charge in [-0.1, -0.05) is 38.3 Å². The van der Waals surface area contributed by atoms with Gasteiger partial charge in [-0.2, -0.15) is 0 Å². The van der Waals surface area contributed by atoms with E-state index in [1.165, 1.54) is 31.2 Å². The van der Waals surface area contributed by atoms with E-state index in [4.69, 9.17) is 18.0 Å². The van der Waals surface area contributed by atoms with E-state index in [-0.39, 0.29) is 0 Å². The van der Waals surface area contributed by atoms with Crippen LogP contribution in [0.1, 0.15) is 38.2 Å². The van der Waals surface area contributed by atoms with E-state index in [9.17, 15) is 0 Å². The predicted molar refractivity (Wildman–Crippen MR) is 74.7 cm³/mol. The summed E-state index contributed by atoms with van der Waals surface area (Å²) in [6.07, 6.45) is 6.38. The third-order valence-corrected chi connectivity index (χ3v) is 2.64. The molecule has 0 saturated carbocycles. The SMILES string of the molecule is CCCCCCc1ccc(NC(N)=S)cc1. The summed E-state index contributed by atoms with van der Waals surface area (Å²) >= 11 is 4.78. The van der Waals surface area contributed by atoms with Crippen LogP contribution in [0.15, 0.2) is 24.3 Å². The first-order valence-corrected chi connectivity index (χ1v) is 6.28. The largest absolute Gasteiger partial charge is 0.376 e. The van der Waals surface area contributed by atoms with Gasteiger partial charge in [-0.05, 0) is 42.8 Å². The minimum Gasteiger partial charge on any atom is -0.376 e. The minimum absolute atomic E-state index is 0.315. The van der Waals surface area contributed by atoms with Crippen LogP contribution in [-0.2, 0) is 6.42 Å². The Morgan fingerprint density at radius 2 is 1.88 bits per heavy atom. The lowest BCUT2D eigenvalue weighted by Crippen LogP contribution is -2.18. The quantitative estimate of drug-likeness (QED) is 0.587. The monoisotopic (exact) mass is 236 g/mol. The summed E-state index contributed by atoms with van der Waals surface area (Å²) in [5.74, 6) is 0. The Hall–Kier alpha value is -1.09. The zero-order chi connectivity index (χ0) is 11.8. The zero-order valence-corrected chi connectivity index (χ0v) is 10.6. The summed E-state index contributed by atoms with van der Waals surface area (Å²) in [4.78, 5) is 0. The number of aryl methyl sites for hydroxylation is 1. The Morgan fingerprint density at radius 3 is 2.44 bits per heavy atom. The highest BCUT2D eigenvalue weighted by molar-refractivity contribution is 7.80. The Kier molecular flexibility index (Phi) is 5.86. The number of nitrogens with two attached hydrogens (primary N) is 1. The number of anilines is 1. The van der Waals surface area contributed by atoms with Crippen LogP contribution >= 0.6 is 12.2 Å². The fraction of sp³-hybridized carbons (Fsp3) is 0.462. The lowest BCUT2D eigenvalue weighted by Gasteiger charge is -2.05. The van der Waals surface area contributed by atoms with Gasteiger partial charge >= 0.3 is 0 Å². The van der Waals surface area contributed by atoms with Gasteiger partial charge in [0.15, 0.2) is 5.11 Å². The molecule has 0 bridgehead atoms. The Labute approximate surface area is 103 Å². The van der Waals surface area contributed by atoms with Gasteiger partial charge in [-0.3, -0.25) is 0 Å². The third kappa shape index (κ3) is 5.12. The van der Waals surface area contributed by atoms with Gasteiger partial charge in [0, 0.05) is 5.69 Å². The smallest absolute Gasteiger partial charge is 0.168 e. The predicted octanol–water partition coefficient (Wildman–Crippen LogP) is 3.46. The molecule has 3 N–H and O–H groups in total. The molecular weight excluding hydrogens is 216 g/mol. The zero-order valence-electron chi connectivity index (χ0n) is 9.83. The van der Waals surface area contributed by atoms with E-state index < -0.39 is 0 Å². The molecule has 88 valence electrons. The van der Waals surface area contributed by atoms with Gasteiger partial charge in [0.1, 0.15) is 0 Å². The highest BCUT2D eigenvalue weighted by Gasteiger charge is 1.95. The van der Waals surface area contributed by atoms with Crippen molar-refractivity contribution in [2.24, 2.45) is 5.73 Å². The second-order valence-corrected chi connectivity index (χ2v) is 4.44. The number of rotatable bonds is 6. The minimum atomic E-state index is 0.315. The molecular formula is C13H20N2S. The molecule has 16 heavy (non-hydrogen) atoms. The van der Waals surface area contributed by atoms with Gasteiger partial charge in [0.05, 0.1) is 0 Å². The van der Waals surface area contributed by atoms with Crippen molar-refractivity contribution in [2.75, 3.05) is 5.32 Å². The van der Waals surface area contributed by atoms with E-state index in [0.29, 0.717) is 5.11 Å². The van der Waals surface area contributed by atoms with Gasteiger partial charge < -0.3 is 11.1 Å². The van der Waals surface area contributed by atoms with Crippen LogP contribution < -0.4 is 11.1 Å². The van der Waals surface area contributed by atoms with Crippen LogP contribution in [0.25, 0.3) is 0 Å². The molecule has 3 heteroatoms. The Balaban J connectivity index is 2.36. The number of nitrogens with one attached hydrogen (secondary N) is 1. The van der Waals surface area contributed by atoms with E-state index >= 15 is 0 Å². The lowest BCUT2D eigenvalue weighted by atomic mass is 10.1. The summed E-state index contributed by atoms with van der Waals surface area (Å²) in [6, 6.07) is 8.31. The first-order chi connectivity index (χ1) is 7.72. The Morgan fingerprint density at radius 1 is 1.19 bits per heavy atom. The van der Waals surface area contributed by atoms with Crippen LogP contribution in [-0.4, -0.2) is 5.11 Å². The van der Waals surface area contributed by atoms with Crippen LogP contribution in [0.3, 0.4) is 0 Å². The first-order valence-electron chi connectivity index (χ1n) is 5.87. The summed E-state index contributed by atoms with van der Waals surface area (Å²) in [5.41, 5.74) is 7.74. The number of hydrogen-bond acceptors (Lipinski definition) is 1. The van der Waals surface area contributed by atoms with Crippen molar-refractivity contribution in [3.05, 3.63) is 29.8 Å². The maximum Gasteiger partial charge on any atom is 0.168 e. The molecule has 0 unspecified atom stereocenters. The molecule has 0 aliphatic rings. The first kappa shape index (κ1) is 13.0. The van der Waals surface area contributed by atoms with E-state index in [0.717, 1.165) is 12.1 Å². The van der Waals surface area contributed by atoms with Crippen molar-refractivity contribution < 1.29 is 0 Å². The molecule has 0 amide bonds. The number of hydrogen-bond donors (Lipinski definition) is 2. The average molecular weight is 236 g/mol. The third-order valence-electron chi connectivity index (χ3n) is 2.54. The van der Waals surface area contributed by atoms with Crippen LogP contribution in [0.2, 0.25) is 0 Å². The molecule has 0 atom stereocenters. The number of unbranched alkanes of at least 4 members (excludes halogenated alkanes) is 3. The second kappa shape index (κ2) is 7.23. The fourth-order valence-corrected chi connectivity index (χ4v) is 1.77. The van der Waals surface area contributed by atoms with Crippen LogP contribution in [0.4, 0.5) is 5.69 Å². The summed E-state index contributed by atoms with van der Waals surface area (Å²) < 4.78 is 0. The molecule has 0 aliphatic heterocycles. The molecule has 0 spiro atoms. The summed E-state index contributed by atoms with van der Waals surface area (Å²) in [7, 11) is 0. The van der Waals surface area contributed by atoms with Crippen LogP contribution in [0, 0.1) is 0 Å². The topological polar surface area (TPSA) is 38.0 Å². The number of benzene rings is 1. The van der Waals surface area contributed by atoms with Gasteiger partial charge in [-0.15, -0.1) is 0 Å². The summed E-state index contributed by atoms with van der Waals surface area (Å²) in [6.45, 7) is 2.23. The van der Waals surface area contributed by atoms with Crippen LogP contribution in [0.5, 0.6) is 0 Å². The molecule has 0 heterocycles. The molecule has 0 saturated heterocycles. The standard InChI is InChI=1S/C13H20N2S/c1-2-3-4-5-6-11-7-9-12(10-8-11)15-13(14)16/h7-10H,2-6H2,1H3,(H3,14,15,16). The van der Waals surface area contributed by atoms with E-state index in [1.807, 2.05) is 12.1 Å². The Bertz CT molecular complexity index is 319. The highest BCUT2D eigenvalue weighted by Crippen LogP contribution is 2.12. The highest BCUT2D eigenvalue weighted by atomic mass is 32.1. The average Bonchev–Trinajstić information content (AvgIpc) is 2.26. The fourth-order valence-electron chi connectivity index (χ4n) is 1.65. The maximum absolute atomic E-state index is 5.40. The molecule has 1 rings (SSSR count). The van der Waals surface area contributed by atoms with Gasteiger partial charge in [-0.25, -0.2) is 0 Å². The van der Waals surface area contributed by atoms with Gasteiger partial charge in [0.25, 0.3) is 0 Å². The van der Waals surface area contributed by atoms with Crippen molar-refractivity contribution in [3.8, 4) is 0 Å². The van der Waals surface area contributed by atoms with E-state index in [1.54, 1.807) is 0 Å². The number of thiocarbonyl (C=S) groups is 1. The maximum atomic E-state index is 5.40. The van der Waals surface area contributed by atoms with Crippen molar-refractivity contribution >= 4 is 23.0 Å². The van der Waals surface area contributed by atoms with Crippen molar-refractivity contribution in [2.45, 2.75) is 39.0 Å². The molecule has 0 aliphatic carbocycles. The molecule has 0 radical (unpaired) electrons. The molecule has 2 nitrogen and oxygen atoms in total. The molecule has 1 aromatic rings. The normalized spacial score (nSPS) is 10.1. The summed E-state index contributed by atoms with van der Waals surface area (Å²) in [5, 5.41) is 3.23. The van der Waals surface area contributed by atoms with Crippen molar-refractivity contribution in [3.63, 3.8) is 0 Å². The van der Waals surface area contributed by atoms with E-state index in [2.05, 4.69) is 24.4 Å². The second-order valence-electron chi connectivity index (χ2n) is 4.00. The molecule has 0 fully saturated rings. The molecule has 0 aromatic heterocycles. The molecule has 1 aromatic carbocycles.